The van der Waals surface area contributed by atoms with Crippen LogP contribution in [0.3, 0.4) is 0 Å². The number of amides is 1. The number of rotatable bonds is 2. The third-order valence-corrected chi connectivity index (χ3v) is 2.62. The third-order valence-electron chi connectivity index (χ3n) is 2.30. The van der Waals surface area contributed by atoms with Crippen LogP contribution < -0.4 is 5.32 Å². The molecule has 0 atom stereocenters. The Morgan fingerprint density at radius 2 is 1.95 bits per heavy atom. The lowest BCUT2D eigenvalue weighted by molar-refractivity contribution is -0.136. The minimum atomic E-state index is -4.61. The van der Waals surface area contributed by atoms with E-state index in [1.807, 2.05) is 0 Å². The first-order valence-electron chi connectivity index (χ1n) is 5.10. The quantitative estimate of drug-likeness (QED) is 0.900. The maximum absolute atomic E-state index is 12.8. The van der Waals surface area contributed by atoms with Crippen molar-refractivity contribution in [2.24, 2.45) is 0 Å². The Hall–Kier alpha value is -1.95. The van der Waals surface area contributed by atoms with Gasteiger partial charge in [-0.05, 0) is 24.3 Å². The van der Waals surface area contributed by atoms with Crippen molar-refractivity contribution in [3.63, 3.8) is 0 Å². The molecule has 0 fully saturated rings. The molecular formula is C12H7ClF3NO2. The Morgan fingerprint density at radius 1 is 1.21 bits per heavy atom. The number of carbonyl (C=O) groups is 1. The van der Waals surface area contributed by atoms with Gasteiger partial charge in [-0.15, -0.1) is 0 Å². The molecule has 1 amide bonds. The second kappa shape index (κ2) is 4.97. The van der Waals surface area contributed by atoms with E-state index < -0.39 is 23.3 Å². The standard InChI is InChI=1S/C12H7ClF3NO2/c13-8-4-1-3-7(12(14,15)16)10(8)17-11(18)9-5-2-6-19-9/h1-6H,(H,17,18). The molecule has 0 bridgehead atoms. The van der Waals surface area contributed by atoms with E-state index >= 15 is 0 Å². The van der Waals surface area contributed by atoms with Gasteiger partial charge in [-0.3, -0.25) is 4.79 Å². The van der Waals surface area contributed by atoms with Crippen molar-refractivity contribution in [2.75, 3.05) is 5.32 Å². The van der Waals surface area contributed by atoms with Crippen molar-refractivity contribution in [1.82, 2.24) is 0 Å². The van der Waals surface area contributed by atoms with Crippen LogP contribution >= 0.6 is 11.6 Å². The van der Waals surface area contributed by atoms with Gasteiger partial charge in [0.25, 0.3) is 5.91 Å². The summed E-state index contributed by atoms with van der Waals surface area (Å²) in [6, 6.07) is 6.04. The number of benzene rings is 1. The van der Waals surface area contributed by atoms with Crippen LogP contribution in [0.15, 0.2) is 41.0 Å². The lowest BCUT2D eigenvalue weighted by Crippen LogP contribution is -2.16. The first-order valence-corrected chi connectivity index (χ1v) is 5.48. The molecule has 3 nitrogen and oxygen atoms in total. The molecule has 0 spiro atoms. The van der Waals surface area contributed by atoms with Gasteiger partial charge in [0.1, 0.15) is 0 Å². The number of halogens is 4. The van der Waals surface area contributed by atoms with E-state index in [9.17, 15) is 18.0 Å². The van der Waals surface area contributed by atoms with E-state index in [0.29, 0.717) is 0 Å². The van der Waals surface area contributed by atoms with Crippen LogP contribution in [0.4, 0.5) is 18.9 Å². The molecule has 1 heterocycles. The van der Waals surface area contributed by atoms with Crippen molar-refractivity contribution >= 4 is 23.2 Å². The molecule has 0 saturated carbocycles. The molecule has 19 heavy (non-hydrogen) atoms. The van der Waals surface area contributed by atoms with Crippen LogP contribution in [0.5, 0.6) is 0 Å². The lowest BCUT2D eigenvalue weighted by Gasteiger charge is -2.14. The Balaban J connectivity index is 2.37. The number of hydrogen-bond acceptors (Lipinski definition) is 2. The fourth-order valence-corrected chi connectivity index (χ4v) is 1.69. The predicted octanol–water partition coefficient (Wildman–Crippen LogP) is 4.20. The van der Waals surface area contributed by atoms with Gasteiger partial charge in [-0.2, -0.15) is 13.2 Å². The SMILES string of the molecule is O=C(Nc1c(Cl)cccc1C(F)(F)F)c1ccco1. The summed E-state index contributed by atoms with van der Waals surface area (Å²) in [7, 11) is 0. The van der Waals surface area contributed by atoms with Gasteiger partial charge in [0.2, 0.25) is 0 Å². The Labute approximate surface area is 111 Å². The monoisotopic (exact) mass is 289 g/mol. The molecule has 0 aliphatic carbocycles. The summed E-state index contributed by atoms with van der Waals surface area (Å²) in [5.41, 5.74) is -1.50. The number of alkyl halides is 3. The number of nitrogens with one attached hydrogen (secondary N) is 1. The van der Waals surface area contributed by atoms with Gasteiger partial charge in [-0.25, -0.2) is 0 Å². The minimum Gasteiger partial charge on any atom is -0.459 e. The molecule has 0 aliphatic rings. The zero-order chi connectivity index (χ0) is 14.0. The summed E-state index contributed by atoms with van der Waals surface area (Å²) < 4.78 is 43.2. The highest BCUT2D eigenvalue weighted by Crippen LogP contribution is 2.38. The van der Waals surface area contributed by atoms with Crippen LogP contribution in [0, 0.1) is 0 Å². The Bertz CT molecular complexity index is 594. The number of hydrogen-bond donors (Lipinski definition) is 1. The van der Waals surface area contributed by atoms with Gasteiger partial charge in [-0.1, -0.05) is 17.7 Å². The highest BCUT2D eigenvalue weighted by atomic mass is 35.5. The topological polar surface area (TPSA) is 42.2 Å². The van der Waals surface area contributed by atoms with Crippen molar-refractivity contribution in [3.8, 4) is 0 Å². The van der Waals surface area contributed by atoms with E-state index in [1.54, 1.807) is 0 Å². The summed E-state index contributed by atoms with van der Waals surface area (Å²) in [4.78, 5) is 11.7. The lowest BCUT2D eigenvalue weighted by atomic mass is 10.1. The molecule has 0 radical (unpaired) electrons. The molecular weight excluding hydrogens is 283 g/mol. The zero-order valence-electron chi connectivity index (χ0n) is 9.29. The van der Waals surface area contributed by atoms with Crippen molar-refractivity contribution in [3.05, 3.63) is 52.9 Å². The first kappa shape index (κ1) is 13.5. The van der Waals surface area contributed by atoms with Crippen LogP contribution in [0.25, 0.3) is 0 Å². The molecule has 7 heteroatoms. The summed E-state index contributed by atoms with van der Waals surface area (Å²) in [6.45, 7) is 0. The van der Waals surface area contributed by atoms with E-state index in [4.69, 9.17) is 16.0 Å². The second-order valence-corrected chi connectivity index (χ2v) is 4.00. The molecule has 2 rings (SSSR count). The minimum absolute atomic E-state index is 0.104. The Kier molecular flexibility index (Phi) is 3.53. The fraction of sp³-hybridized carbons (Fsp3) is 0.0833. The molecule has 1 aromatic carbocycles. The normalized spacial score (nSPS) is 11.4. The molecule has 0 saturated heterocycles. The van der Waals surface area contributed by atoms with Gasteiger partial charge < -0.3 is 9.73 Å². The highest BCUT2D eigenvalue weighted by Gasteiger charge is 2.35. The zero-order valence-corrected chi connectivity index (χ0v) is 10.0. The molecule has 0 aliphatic heterocycles. The van der Waals surface area contributed by atoms with E-state index in [1.165, 1.54) is 24.5 Å². The number of para-hydroxylation sites is 1. The maximum atomic E-state index is 12.8. The van der Waals surface area contributed by atoms with Crippen LogP contribution in [-0.2, 0) is 6.18 Å². The van der Waals surface area contributed by atoms with Crippen molar-refractivity contribution in [1.29, 1.82) is 0 Å². The Morgan fingerprint density at radius 3 is 2.53 bits per heavy atom. The number of carbonyl (C=O) groups excluding carboxylic acids is 1. The summed E-state index contributed by atoms with van der Waals surface area (Å²) in [5, 5.41) is 1.90. The second-order valence-electron chi connectivity index (χ2n) is 3.59. The third kappa shape index (κ3) is 2.90. The summed E-state index contributed by atoms with van der Waals surface area (Å²) in [5.74, 6) is -0.906. The van der Waals surface area contributed by atoms with Crippen molar-refractivity contribution < 1.29 is 22.4 Å². The fourth-order valence-electron chi connectivity index (χ4n) is 1.47. The number of anilines is 1. The van der Waals surface area contributed by atoms with Crippen LogP contribution in [0.2, 0.25) is 5.02 Å². The average Bonchev–Trinajstić information content (AvgIpc) is 2.83. The van der Waals surface area contributed by atoms with Gasteiger partial charge >= 0.3 is 6.18 Å². The molecule has 100 valence electrons. The smallest absolute Gasteiger partial charge is 0.418 e. The van der Waals surface area contributed by atoms with Gasteiger partial charge in [0, 0.05) is 0 Å². The van der Waals surface area contributed by atoms with Gasteiger partial charge in [0.05, 0.1) is 22.5 Å². The largest absolute Gasteiger partial charge is 0.459 e. The molecule has 1 aromatic heterocycles. The van der Waals surface area contributed by atoms with Gasteiger partial charge in [0.15, 0.2) is 5.76 Å². The highest BCUT2D eigenvalue weighted by molar-refractivity contribution is 6.34. The summed E-state index contributed by atoms with van der Waals surface area (Å²) in [6.07, 6.45) is -3.37. The van der Waals surface area contributed by atoms with E-state index in [0.717, 1.165) is 12.1 Å². The predicted molar refractivity (Wildman–Crippen MR) is 63.1 cm³/mol. The van der Waals surface area contributed by atoms with Crippen LogP contribution in [-0.4, -0.2) is 5.91 Å². The maximum Gasteiger partial charge on any atom is 0.418 e. The average molecular weight is 290 g/mol. The van der Waals surface area contributed by atoms with E-state index in [-0.39, 0.29) is 10.8 Å². The van der Waals surface area contributed by atoms with Crippen LogP contribution in [0.1, 0.15) is 16.1 Å². The molecule has 2 aromatic rings. The first-order chi connectivity index (χ1) is 8.89. The molecule has 0 unspecified atom stereocenters. The van der Waals surface area contributed by atoms with E-state index in [2.05, 4.69) is 5.32 Å². The van der Waals surface area contributed by atoms with Crippen molar-refractivity contribution in [2.45, 2.75) is 6.18 Å². The summed E-state index contributed by atoms with van der Waals surface area (Å²) >= 11 is 5.70. The number of furan rings is 1. The molecule has 1 N–H and O–H groups in total.